The number of nitrogens with zero attached hydrogens (tertiary/aromatic N) is 3. The van der Waals surface area contributed by atoms with E-state index in [-0.39, 0.29) is 11.8 Å². The lowest BCUT2D eigenvalue weighted by Gasteiger charge is -2.18. The Balaban J connectivity index is 1.70. The van der Waals surface area contributed by atoms with Crippen molar-refractivity contribution in [2.45, 2.75) is 38.6 Å². The molecule has 0 radical (unpaired) electrons. The molecule has 0 N–H and O–H groups in total. The smallest absolute Gasteiger partial charge is 0.227 e. The predicted molar refractivity (Wildman–Crippen MR) is 106 cm³/mol. The molecule has 0 spiro atoms. The molecule has 1 atom stereocenters. The summed E-state index contributed by atoms with van der Waals surface area (Å²) in [6, 6.07) is 15.8. The summed E-state index contributed by atoms with van der Waals surface area (Å²) in [4.78, 5) is 19.4. The van der Waals surface area contributed by atoms with Gasteiger partial charge in [-0.05, 0) is 30.7 Å². The Morgan fingerprint density at radius 2 is 1.92 bits per heavy atom. The highest BCUT2D eigenvalue weighted by atomic mass is 35.5. The molecule has 1 aliphatic rings. The van der Waals surface area contributed by atoms with E-state index in [1.54, 1.807) is 4.90 Å². The molecule has 1 unspecified atom stereocenters. The number of hydrogen-bond donors (Lipinski definition) is 0. The largest absolute Gasteiger partial charge is 0.328 e. The Morgan fingerprint density at radius 1 is 1.15 bits per heavy atom. The van der Waals surface area contributed by atoms with Gasteiger partial charge in [-0.25, -0.2) is 4.98 Å². The molecular formula is C21H22ClN3O. The van der Waals surface area contributed by atoms with Crippen LogP contribution >= 0.6 is 11.6 Å². The third-order valence-corrected chi connectivity index (χ3v) is 5.37. The van der Waals surface area contributed by atoms with Gasteiger partial charge in [-0.15, -0.1) is 0 Å². The minimum Gasteiger partial charge on any atom is -0.328 e. The van der Waals surface area contributed by atoms with Crippen LogP contribution in [0, 0.1) is 0 Å². The second kappa shape index (κ2) is 7.12. The van der Waals surface area contributed by atoms with Crippen molar-refractivity contribution < 1.29 is 4.79 Å². The summed E-state index contributed by atoms with van der Waals surface area (Å²) in [6.45, 7) is 3.75. The van der Waals surface area contributed by atoms with E-state index in [9.17, 15) is 4.79 Å². The van der Waals surface area contributed by atoms with Gasteiger partial charge in [0.25, 0.3) is 0 Å². The zero-order chi connectivity index (χ0) is 18.1. The van der Waals surface area contributed by atoms with Crippen LogP contribution in [0.4, 0.5) is 5.69 Å². The average molecular weight is 368 g/mol. The second-order valence-electron chi connectivity index (χ2n) is 6.82. The molecule has 1 aromatic heterocycles. The monoisotopic (exact) mass is 367 g/mol. The zero-order valence-corrected chi connectivity index (χ0v) is 15.6. The number of aryl methyl sites for hydroxylation is 1. The van der Waals surface area contributed by atoms with Gasteiger partial charge in [0, 0.05) is 25.4 Å². The minimum absolute atomic E-state index is 0.0861. The molecule has 0 saturated carbocycles. The van der Waals surface area contributed by atoms with E-state index >= 15 is 0 Å². The lowest BCUT2D eigenvalue weighted by atomic mass is 10.1. The predicted octanol–water partition coefficient (Wildman–Crippen LogP) is 5.01. The maximum absolute atomic E-state index is 12.7. The summed E-state index contributed by atoms with van der Waals surface area (Å²) >= 11 is 6.31. The molecule has 2 aromatic carbocycles. The SMILES string of the molecule is CCCCn1c(C2CC(=O)N(c3ccccc3Cl)C2)nc2ccccc21. The standard InChI is InChI=1S/C21H22ClN3O/c1-2-3-12-24-19-11-7-5-9-17(19)23-21(24)15-13-20(26)25(14-15)18-10-6-4-8-16(18)22/h4-11,15H,2-3,12-14H2,1H3. The second-order valence-corrected chi connectivity index (χ2v) is 7.23. The van der Waals surface area contributed by atoms with Gasteiger partial charge in [-0.1, -0.05) is 49.2 Å². The molecule has 26 heavy (non-hydrogen) atoms. The highest BCUT2D eigenvalue weighted by molar-refractivity contribution is 6.33. The van der Waals surface area contributed by atoms with Gasteiger partial charge >= 0.3 is 0 Å². The number of rotatable bonds is 5. The highest BCUT2D eigenvalue weighted by Gasteiger charge is 2.35. The van der Waals surface area contributed by atoms with E-state index in [0.717, 1.165) is 41.9 Å². The molecule has 4 rings (SSSR count). The number of halogens is 1. The molecule has 2 heterocycles. The third-order valence-electron chi connectivity index (χ3n) is 5.05. The molecule has 1 saturated heterocycles. The van der Waals surface area contributed by atoms with Crippen molar-refractivity contribution in [2.75, 3.05) is 11.4 Å². The van der Waals surface area contributed by atoms with E-state index in [4.69, 9.17) is 16.6 Å². The van der Waals surface area contributed by atoms with Gasteiger partial charge in [0.1, 0.15) is 5.82 Å². The van der Waals surface area contributed by atoms with Gasteiger partial charge in [-0.2, -0.15) is 0 Å². The Morgan fingerprint density at radius 3 is 2.73 bits per heavy atom. The molecule has 0 bridgehead atoms. The number of hydrogen-bond acceptors (Lipinski definition) is 2. The number of aromatic nitrogens is 2. The lowest BCUT2D eigenvalue weighted by Crippen LogP contribution is -2.24. The van der Waals surface area contributed by atoms with Crippen LogP contribution in [0.1, 0.15) is 37.9 Å². The van der Waals surface area contributed by atoms with E-state index in [0.29, 0.717) is 18.0 Å². The number of benzene rings is 2. The summed E-state index contributed by atoms with van der Waals surface area (Å²) in [7, 11) is 0. The van der Waals surface area contributed by atoms with Crippen molar-refractivity contribution >= 4 is 34.2 Å². The van der Waals surface area contributed by atoms with Gasteiger partial charge in [-0.3, -0.25) is 4.79 Å². The van der Waals surface area contributed by atoms with Crippen molar-refractivity contribution in [3.8, 4) is 0 Å². The molecule has 0 aliphatic carbocycles. The summed E-state index contributed by atoms with van der Waals surface area (Å²) in [5, 5.41) is 0.612. The zero-order valence-electron chi connectivity index (χ0n) is 14.9. The maximum atomic E-state index is 12.7. The molecule has 1 aliphatic heterocycles. The van der Waals surface area contributed by atoms with Gasteiger partial charge in [0.15, 0.2) is 0 Å². The first-order valence-corrected chi connectivity index (χ1v) is 9.57. The number of unbranched alkanes of at least 4 members (excludes halogenated alkanes) is 1. The van der Waals surface area contributed by atoms with Crippen LogP contribution in [0.2, 0.25) is 5.02 Å². The fourth-order valence-corrected chi connectivity index (χ4v) is 3.98. The maximum Gasteiger partial charge on any atom is 0.227 e. The van der Waals surface area contributed by atoms with Crippen molar-refractivity contribution in [1.29, 1.82) is 0 Å². The number of fused-ring (bicyclic) bond motifs is 1. The van der Waals surface area contributed by atoms with Gasteiger partial charge < -0.3 is 9.47 Å². The fraction of sp³-hybridized carbons (Fsp3) is 0.333. The topological polar surface area (TPSA) is 38.1 Å². The van der Waals surface area contributed by atoms with Crippen LogP contribution in [0.15, 0.2) is 48.5 Å². The normalized spacial score (nSPS) is 17.4. The molecule has 134 valence electrons. The van der Waals surface area contributed by atoms with Crippen LogP contribution in [0.5, 0.6) is 0 Å². The van der Waals surface area contributed by atoms with Gasteiger partial charge in [0.05, 0.1) is 21.7 Å². The summed E-state index contributed by atoms with van der Waals surface area (Å²) in [5.74, 6) is 1.21. The number of imidazole rings is 1. The quantitative estimate of drug-likeness (QED) is 0.635. The summed E-state index contributed by atoms with van der Waals surface area (Å²) in [6.07, 6.45) is 2.70. The Kier molecular flexibility index (Phi) is 4.68. The summed E-state index contributed by atoms with van der Waals surface area (Å²) in [5.41, 5.74) is 2.94. The molecule has 1 fully saturated rings. The first-order valence-electron chi connectivity index (χ1n) is 9.19. The number of para-hydroxylation sites is 3. The van der Waals surface area contributed by atoms with E-state index in [2.05, 4.69) is 17.6 Å². The lowest BCUT2D eigenvalue weighted by molar-refractivity contribution is -0.117. The first-order chi connectivity index (χ1) is 12.7. The first kappa shape index (κ1) is 17.1. The number of amides is 1. The van der Waals surface area contributed by atoms with Crippen molar-refractivity contribution in [2.24, 2.45) is 0 Å². The van der Waals surface area contributed by atoms with Crippen LogP contribution in [0.25, 0.3) is 11.0 Å². The van der Waals surface area contributed by atoms with Crippen molar-refractivity contribution in [3.63, 3.8) is 0 Å². The Hall–Kier alpha value is -2.33. The molecule has 1 amide bonds. The third kappa shape index (κ3) is 2.99. The fourth-order valence-electron chi connectivity index (χ4n) is 3.74. The van der Waals surface area contributed by atoms with Crippen LogP contribution in [-0.4, -0.2) is 22.0 Å². The van der Waals surface area contributed by atoms with E-state index < -0.39 is 0 Å². The van der Waals surface area contributed by atoms with Crippen LogP contribution in [0.3, 0.4) is 0 Å². The van der Waals surface area contributed by atoms with E-state index in [1.165, 1.54) is 0 Å². The Bertz CT molecular complexity index is 949. The van der Waals surface area contributed by atoms with Crippen LogP contribution < -0.4 is 4.90 Å². The molecular weight excluding hydrogens is 346 g/mol. The van der Waals surface area contributed by atoms with Crippen molar-refractivity contribution in [3.05, 3.63) is 59.4 Å². The van der Waals surface area contributed by atoms with E-state index in [1.807, 2.05) is 42.5 Å². The van der Waals surface area contributed by atoms with Crippen molar-refractivity contribution in [1.82, 2.24) is 9.55 Å². The number of anilines is 1. The van der Waals surface area contributed by atoms with Crippen LogP contribution in [-0.2, 0) is 11.3 Å². The Labute approximate surface area is 158 Å². The average Bonchev–Trinajstić information content (AvgIpc) is 3.21. The minimum atomic E-state index is 0.0861. The molecule has 3 aromatic rings. The number of carbonyl (C=O) groups excluding carboxylic acids is 1. The molecule has 4 nitrogen and oxygen atoms in total. The van der Waals surface area contributed by atoms with Gasteiger partial charge in [0.2, 0.25) is 5.91 Å². The molecule has 5 heteroatoms. The number of carbonyl (C=O) groups is 1. The highest BCUT2D eigenvalue weighted by Crippen LogP contribution is 2.36. The summed E-state index contributed by atoms with van der Waals surface area (Å²) < 4.78 is 2.30.